The van der Waals surface area contributed by atoms with E-state index in [0.29, 0.717) is 17.5 Å². The van der Waals surface area contributed by atoms with E-state index in [0.717, 1.165) is 0 Å². The molecule has 0 saturated carbocycles. The number of pyridine rings is 1. The molecule has 2 N–H and O–H groups in total. The molecule has 13 heavy (non-hydrogen) atoms. The van der Waals surface area contributed by atoms with Crippen LogP contribution < -0.4 is 0 Å². The molecule has 0 fully saturated rings. The summed E-state index contributed by atoms with van der Waals surface area (Å²) >= 11 is 0. The van der Waals surface area contributed by atoms with Gasteiger partial charge in [0.05, 0.1) is 17.9 Å². The number of aryl methyl sites for hydroxylation is 1. The van der Waals surface area contributed by atoms with Crippen molar-refractivity contribution in [3.8, 4) is 5.75 Å². The first-order valence-corrected chi connectivity index (χ1v) is 3.44. The van der Waals surface area contributed by atoms with Gasteiger partial charge >= 0.3 is 0 Å². The van der Waals surface area contributed by atoms with Crippen LogP contribution in [0, 0.1) is 6.92 Å². The van der Waals surface area contributed by atoms with Crippen molar-refractivity contribution in [2.24, 2.45) is 0 Å². The van der Waals surface area contributed by atoms with Gasteiger partial charge in [0, 0.05) is 28.8 Å². The van der Waals surface area contributed by atoms with E-state index in [-0.39, 0.29) is 35.0 Å². The number of nitrogens with zero attached hydrogens (tertiary/aromatic N) is 1. The summed E-state index contributed by atoms with van der Waals surface area (Å²) in [7, 11) is 0. The Labute approximate surface area is 86.1 Å². The number of aromatic hydroxyl groups is 1. The Balaban J connectivity index is 0.00000144. The normalized spacial score (nSPS) is 9.08. The third kappa shape index (κ3) is 2.27. The van der Waals surface area contributed by atoms with Gasteiger partial charge in [0.2, 0.25) is 0 Å². The Morgan fingerprint density at radius 3 is 2.69 bits per heavy atom. The van der Waals surface area contributed by atoms with E-state index in [2.05, 4.69) is 4.98 Å². The van der Waals surface area contributed by atoms with Gasteiger partial charge in [-0.3, -0.25) is 9.78 Å². The van der Waals surface area contributed by atoms with Gasteiger partial charge in [0.1, 0.15) is 5.75 Å². The third-order valence-electron chi connectivity index (χ3n) is 1.65. The fourth-order valence-corrected chi connectivity index (χ4v) is 0.910. The summed E-state index contributed by atoms with van der Waals surface area (Å²) in [5.74, 6) is -0.156. The van der Waals surface area contributed by atoms with Crippen LogP contribution in [-0.2, 0) is 23.7 Å². The number of hydrogen-bond acceptors (Lipinski definition) is 4. The first-order valence-electron chi connectivity index (χ1n) is 3.44. The molecule has 1 aromatic heterocycles. The van der Waals surface area contributed by atoms with Crippen LogP contribution in [0.15, 0.2) is 6.20 Å². The number of carbonyl (C=O) groups excluding carboxylic acids is 1. The van der Waals surface area contributed by atoms with E-state index in [1.54, 1.807) is 6.92 Å². The Kier molecular flexibility index (Phi) is 4.62. The van der Waals surface area contributed by atoms with Gasteiger partial charge < -0.3 is 10.2 Å². The van der Waals surface area contributed by atoms with Crippen molar-refractivity contribution in [2.45, 2.75) is 13.5 Å². The molecular weight excluding hydrogens is 213 g/mol. The average molecular weight is 222 g/mol. The van der Waals surface area contributed by atoms with Gasteiger partial charge in [-0.05, 0) is 6.92 Å². The van der Waals surface area contributed by atoms with Crippen LogP contribution in [0.4, 0.5) is 0 Å². The maximum absolute atomic E-state index is 10.5. The summed E-state index contributed by atoms with van der Waals surface area (Å²) in [5, 5.41) is 18.1. The summed E-state index contributed by atoms with van der Waals surface area (Å²) in [6.07, 6.45) is 1.88. The molecule has 0 amide bonds. The molecule has 0 aliphatic rings. The molecule has 1 heterocycles. The van der Waals surface area contributed by atoms with Crippen molar-refractivity contribution in [1.29, 1.82) is 0 Å². The fraction of sp³-hybridized carbons (Fsp3) is 0.250. The topological polar surface area (TPSA) is 70.4 Å². The first-order chi connectivity index (χ1) is 5.70. The summed E-state index contributed by atoms with van der Waals surface area (Å²) in [4.78, 5) is 14.2. The van der Waals surface area contributed by atoms with Crippen LogP contribution in [0.5, 0.6) is 5.75 Å². The molecule has 1 aromatic rings. The number of carbonyl (C=O) groups is 1. The molecule has 4 nitrogen and oxygen atoms in total. The second-order valence-electron chi connectivity index (χ2n) is 2.41. The van der Waals surface area contributed by atoms with E-state index < -0.39 is 0 Å². The molecule has 0 bridgehead atoms. The Morgan fingerprint density at radius 1 is 1.62 bits per heavy atom. The van der Waals surface area contributed by atoms with Crippen LogP contribution in [0.2, 0.25) is 0 Å². The van der Waals surface area contributed by atoms with Gasteiger partial charge in [0.15, 0.2) is 6.29 Å². The van der Waals surface area contributed by atoms with Gasteiger partial charge in [-0.25, -0.2) is 0 Å². The largest absolute Gasteiger partial charge is 0.505 e. The van der Waals surface area contributed by atoms with E-state index in [9.17, 15) is 9.90 Å². The van der Waals surface area contributed by atoms with Crippen LogP contribution in [0.1, 0.15) is 21.6 Å². The number of aldehydes is 1. The zero-order valence-electron chi connectivity index (χ0n) is 6.99. The molecule has 5 heteroatoms. The maximum atomic E-state index is 10.5. The summed E-state index contributed by atoms with van der Waals surface area (Å²) in [6.45, 7) is 1.29. The number of rotatable bonds is 2. The summed E-state index contributed by atoms with van der Waals surface area (Å²) < 4.78 is 0. The zero-order valence-corrected chi connectivity index (χ0v) is 8.17. The van der Waals surface area contributed by atoms with Crippen molar-refractivity contribution in [2.75, 3.05) is 0 Å². The molecule has 0 aromatic carbocycles. The summed E-state index contributed by atoms with van der Waals surface area (Å²) in [6, 6.07) is 0. The molecule has 0 aliphatic heterocycles. The second kappa shape index (κ2) is 4.97. The number of aliphatic hydroxyl groups excluding tert-OH is 1. The van der Waals surface area contributed by atoms with Gasteiger partial charge in [-0.2, -0.15) is 0 Å². The fourth-order valence-electron chi connectivity index (χ4n) is 0.910. The molecular formula is C8H9MnNO3. The van der Waals surface area contributed by atoms with Crippen molar-refractivity contribution in [3.63, 3.8) is 0 Å². The number of hydrogen-bond donors (Lipinski definition) is 2. The molecule has 0 atom stereocenters. The standard InChI is InChI=1S/C8H9NO3.Mn/c1-5-8(12)7(4-11)6(3-10)2-9-5;/h2,4,10,12H,3H2,1H3;. The molecule has 0 aliphatic carbocycles. The SMILES string of the molecule is Cc1ncc(CO)c(C=O)c1O.[Mn]. The number of aromatic nitrogens is 1. The molecule has 0 saturated heterocycles. The van der Waals surface area contributed by atoms with Gasteiger partial charge in [-0.15, -0.1) is 0 Å². The molecule has 0 unspecified atom stereocenters. The van der Waals surface area contributed by atoms with Crippen molar-refractivity contribution < 1.29 is 32.1 Å². The first kappa shape index (κ1) is 12.1. The Bertz CT molecular complexity index is 315. The molecule has 1 rings (SSSR count). The van der Waals surface area contributed by atoms with E-state index in [4.69, 9.17) is 5.11 Å². The molecule has 0 spiro atoms. The monoisotopic (exact) mass is 222 g/mol. The molecule has 1 radical (unpaired) electrons. The predicted molar refractivity (Wildman–Crippen MR) is 41.9 cm³/mol. The Hall–Kier alpha value is -0.901. The maximum Gasteiger partial charge on any atom is 0.154 e. The second-order valence-corrected chi connectivity index (χ2v) is 2.41. The summed E-state index contributed by atoms with van der Waals surface area (Å²) in [5.41, 5.74) is 0.840. The minimum absolute atomic E-state index is 0. The van der Waals surface area contributed by atoms with E-state index in [1.807, 2.05) is 0 Å². The smallest absolute Gasteiger partial charge is 0.154 e. The van der Waals surface area contributed by atoms with E-state index in [1.165, 1.54) is 6.20 Å². The third-order valence-corrected chi connectivity index (χ3v) is 1.65. The van der Waals surface area contributed by atoms with Crippen LogP contribution in [0.3, 0.4) is 0 Å². The minimum Gasteiger partial charge on any atom is -0.505 e. The zero-order chi connectivity index (χ0) is 9.14. The van der Waals surface area contributed by atoms with Gasteiger partial charge in [0.25, 0.3) is 0 Å². The average Bonchev–Trinajstić information content (AvgIpc) is 2.09. The van der Waals surface area contributed by atoms with Crippen LogP contribution >= 0.6 is 0 Å². The van der Waals surface area contributed by atoms with E-state index >= 15 is 0 Å². The molecule has 71 valence electrons. The number of aliphatic hydroxyl groups is 1. The van der Waals surface area contributed by atoms with Crippen molar-refractivity contribution in [3.05, 3.63) is 23.0 Å². The van der Waals surface area contributed by atoms with Gasteiger partial charge in [-0.1, -0.05) is 0 Å². The predicted octanol–water partition coefficient (Wildman–Crippen LogP) is 0.398. The van der Waals surface area contributed by atoms with Crippen molar-refractivity contribution >= 4 is 6.29 Å². The Morgan fingerprint density at radius 2 is 2.23 bits per heavy atom. The van der Waals surface area contributed by atoms with Crippen molar-refractivity contribution in [1.82, 2.24) is 4.98 Å². The quantitative estimate of drug-likeness (QED) is 0.561. The van der Waals surface area contributed by atoms with Crippen LogP contribution in [-0.4, -0.2) is 21.5 Å². The minimum atomic E-state index is -0.297. The van der Waals surface area contributed by atoms with Crippen LogP contribution in [0.25, 0.3) is 0 Å².